The minimum Gasteiger partial charge on any atom is -0.497 e. The number of hydrogen-bond acceptors (Lipinski definition) is 6. The quantitative estimate of drug-likeness (QED) is 0.730. The van der Waals surface area contributed by atoms with Crippen molar-refractivity contribution in [3.05, 3.63) is 60.7 Å². The first-order chi connectivity index (χ1) is 12.3. The third kappa shape index (κ3) is 3.15. The highest BCUT2D eigenvalue weighted by Crippen LogP contribution is 2.33. The van der Waals surface area contributed by atoms with Crippen LogP contribution < -0.4 is 9.64 Å². The Labute approximate surface area is 146 Å². The fraction of sp³-hybridized carbons (Fsp3) is 0.263. The van der Waals surface area contributed by atoms with Crippen LogP contribution in [-0.4, -0.2) is 33.6 Å². The Morgan fingerprint density at radius 2 is 1.92 bits per heavy atom. The number of anilines is 1. The van der Waals surface area contributed by atoms with E-state index in [2.05, 4.69) is 19.9 Å². The molecule has 6 heteroatoms. The molecule has 25 heavy (non-hydrogen) atoms. The molecule has 0 spiro atoms. The van der Waals surface area contributed by atoms with Gasteiger partial charge in [-0.3, -0.25) is 0 Å². The lowest BCUT2D eigenvalue weighted by Gasteiger charge is -2.24. The maximum Gasteiger partial charge on any atom is 0.225 e. The smallest absolute Gasteiger partial charge is 0.225 e. The van der Waals surface area contributed by atoms with Crippen molar-refractivity contribution in [1.82, 2.24) is 19.9 Å². The summed E-state index contributed by atoms with van der Waals surface area (Å²) in [7, 11) is 1.66. The van der Waals surface area contributed by atoms with E-state index in [4.69, 9.17) is 9.72 Å². The molecule has 126 valence electrons. The fourth-order valence-corrected chi connectivity index (χ4v) is 3.21. The van der Waals surface area contributed by atoms with E-state index in [1.54, 1.807) is 19.5 Å². The van der Waals surface area contributed by atoms with Crippen LogP contribution in [0.25, 0.3) is 11.4 Å². The molecule has 1 atom stereocenters. The van der Waals surface area contributed by atoms with Crippen molar-refractivity contribution in [2.75, 3.05) is 18.6 Å². The summed E-state index contributed by atoms with van der Waals surface area (Å²) in [5, 5.41) is 0. The second-order valence-corrected chi connectivity index (χ2v) is 5.94. The van der Waals surface area contributed by atoms with Crippen LogP contribution in [0.2, 0.25) is 0 Å². The summed E-state index contributed by atoms with van der Waals surface area (Å²) >= 11 is 0. The van der Waals surface area contributed by atoms with Crippen molar-refractivity contribution in [3.8, 4) is 17.1 Å². The first-order valence-electron chi connectivity index (χ1n) is 8.36. The number of rotatable bonds is 4. The SMILES string of the molecule is COc1cccc(-c2nccc([C@@H]3CCCN3c3ncccn3)n2)c1. The lowest BCUT2D eigenvalue weighted by atomic mass is 10.1. The van der Waals surface area contributed by atoms with Gasteiger partial charge in [-0.05, 0) is 37.1 Å². The van der Waals surface area contributed by atoms with Gasteiger partial charge in [0.25, 0.3) is 0 Å². The van der Waals surface area contributed by atoms with Gasteiger partial charge in [-0.1, -0.05) is 12.1 Å². The van der Waals surface area contributed by atoms with Gasteiger partial charge in [0.1, 0.15) is 5.75 Å². The largest absolute Gasteiger partial charge is 0.497 e. The predicted octanol–water partition coefficient (Wildman–Crippen LogP) is 3.28. The van der Waals surface area contributed by atoms with E-state index in [1.807, 2.05) is 42.6 Å². The molecule has 0 bridgehead atoms. The number of nitrogens with zero attached hydrogens (tertiary/aromatic N) is 5. The molecule has 6 nitrogen and oxygen atoms in total. The molecule has 1 aromatic carbocycles. The molecule has 1 saturated heterocycles. The number of hydrogen-bond donors (Lipinski definition) is 0. The van der Waals surface area contributed by atoms with Gasteiger partial charge in [-0.2, -0.15) is 0 Å². The minimum atomic E-state index is 0.176. The van der Waals surface area contributed by atoms with Gasteiger partial charge < -0.3 is 9.64 Å². The Balaban J connectivity index is 1.67. The third-order valence-electron chi connectivity index (χ3n) is 4.41. The monoisotopic (exact) mass is 333 g/mol. The maximum absolute atomic E-state index is 5.30. The molecule has 0 saturated carbocycles. The lowest BCUT2D eigenvalue weighted by molar-refractivity contribution is 0.415. The average Bonchev–Trinajstić information content (AvgIpc) is 3.19. The van der Waals surface area contributed by atoms with Crippen molar-refractivity contribution < 1.29 is 4.74 Å². The fourth-order valence-electron chi connectivity index (χ4n) is 3.21. The van der Waals surface area contributed by atoms with Crippen LogP contribution >= 0.6 is 0 Å². The Morgan fingerprint density at radius 1 is 1.04 bits per heavy atom. The summed E-state index contributed by atoms with van der Waals surface area (Å²) in [5.41, 5.74) is 1.94. The molecule has 0 radical (unpaired) electrons. The molecule has 4 rings (SSSR count). The van der Waals surface area contributed by atoms with Gasteiger partial charge in [0.05, 0.1) is 18.8 Å². The molecule has 2 aromatic heterocycles. The molecule has 3 aromatic rings. The molecule has 3 heterocycles. The van der Waals surface area contributed by atoms with Gasteiger partial charge in [0, 0.05) is 30.7 Å². The van der Waals surface area contributed by atoms with Crippen LogP contribution in [-0.2, 0) is 0 Å². The highest BCUT2D eigenvalue weighted by atomic mass is 16.5. The van der Waals surface area contributed by atoms with Crippen molar-refractivity contribution >= 4 is 5.95 Å². The zero-order valence-corrected chi connectivity index (χ0v) is 14.0. The van der Waals surface area contributed by atoms with Crippen LogP contribution in [0.1, 0.15) is 24.6 Å². The van der Waals surface area contributed by atoms with E-state index in [0.29, 0.717) is 5.82 Å². The van der Waals surface area contributed by atoms with Gasteiger partial charge in [-0.25, -0.2) is 19.9 Å². The molecular weight excluding hydrogens is 314 g/mol. The number of methoxy groups -OCH3 is 1. The first kappa shape index (κ1) is 15.5. The average molecular weight is 333 g/mol. The first-order valence-corrected chi connectivity index (χ1v) is 8.36. The Bertz CT molecular complexity index is 855. The van der Waals surface area contributed by atoms with Gasteiger partial charge in [0.15, 0.2) is 5.82 Å². The maximum atomic E-state index is 5.30. The van der Waals surface area contributed by atoms with Crippen LogP contribution in [0.4, 0.5) is 5.95 Å². The zero-order chi connectivity index (χ0) is 17.1. The Hall–Kier alpha value is -3.02. The standard InChI is InChI=1S/C19H19N5O/c1-25-15-6-2-5-14(13-15)18-20-11-8-16(23-18)17-7-3-12-24(17)19-21-9-4-10-22-19/h2,4-6,8-11,13,17H,3,7,12H2,1H3/t17-/m0/s1. The lowest BCUT2D eigenvalue weighted by Crippen LogP contribution is -2.25. The zero-order valence-electron chi connectivity index (χ0n) is 14.0. The van der Waals surface area contributed by atoms with Crippen molar-refractivity contribution in [3.63, 3.8) is 0 Å². The molecule has 0 aliphatic carbocycles. The van der Waals surface area contributed by atoms with Gasteiger partial charge in [0.2, 0.25) is 5.95 Å². The van der Waals surface area contributed by atoms with Crippen LogP contribution in [0.15, 0.2) is 55.0 Å². The molecule has 1 fully saturated rings. The molecule has 0 unspecified atom stereocenters. The van der Waals surface area contributed by atoms with Gasteiger partial charge in [-0.15, -0.1) is 0 Å². The summed E-state index contributed by atoms with van der Waals surface area (Å²) in [6.45, 7) is 0.938. The van der Waals surface area contributed by atoms with E-state index < -0.39 is 0 Å². The number of aromatic nitrogens is 4. The molecule has 0 N–H and O–H groups in total. The van der Waals surface area contributed by atoms with E-state index >= 15 is 0 Å². The second-order valence-electron chi connectivity index (χ2n) is 5.94. The summed E-state index contributed by atoms with van der Waals surface area (Å²) in [6, 6.07) is 11.8. The topological polar surface area (TPSA) is 64.0 Å². The summed E-state index contributed by atoms with van der Waals surface area (Å²) < 4.78 is 5.30. The Morgan fingerprint density at radius 3 is 2.76 bits per heavy atom. The van der Waals surface area contributed by atoms with Crippen LogP contribution in [0, 0.1) is 0 Å². The predicted molar refractivity (Wildman–Crippen MR) is 95.4 cm³/mol. The number of benzene rings is 1. The molecule has 1 aliphatic rings. The molecule has 0 amide bonds. The van der Waals surface area contributed by atoms with E-state index in [0.717, 1.165) is 42.3 Å². The van der Waals surface area contributed by atoms with E-state index in [9.17, 15) is 0 Å². The summed E-state index contributed by atoms with van der Waals surface area (Å²) in [6.07, 6.45) is 7.51. The third-order valence-corrected chi connectivity index (χ3v) is 4.41. The van der Waals surface area contributed by atoms with E-state index in [-0.39, 0.29) is 6.04 Å². The number of ether oxygens (including phenoxy) is 1. The summed E-state index contributed by atoms with van der Waals surface area (Å²) in [5.74, 6) is 2.26. The van der Waals surface area contributed by atoms with E-state index in [1.165, 1.54) is 0 Å². The van der Waals surface area contributed by atoms with Crippen LogP contribution in [0.3, 0.4) is 0 Å². The highest BCUT2D eigenvalue weighted by Gasteiger charge is 2.29. The van der Waals surface area contributed by atoms with Gasteiger partial charge >= 0.3 is 0 Å². The van der Waals surface area contributed by atoms with Crippen LogP contribution in [0.5, 0.6) is 5.75 Å². The molecular formula is C19H19N5O. The summed E-state index contributed by atoms with van der Waals surface area (Å²) in [4.78, 5) is 20.3. The van der Waals surface area contributed by atoms with Crippen molar-refractivity contribution in [2.45, 2.75) is 18.9 Å². The normalized spacial score (nSPS) is 16.8. The molecule has 1 aliphatic heterocycles. The van der Waals surface area contributed by atoms with Crippen molar-refractivity contribution in [1.29, 1.82) is 0 Å². The highest BCUT2D eigenvalue weighted by molar-refractivity contribution is 5.57. The Kier molecular flexibility index (Phi) is 4.24. The minimum absolute atomic E-state index is 0.176. The van der Waals surface area contributed by atoms with Crippen molar-refractivity contribution in [2.24, 2.45) is 0 Å². The second kappa shape index (κ2) is 6.84.